The first-order valence-corrected chi connectivity index (χ1v) is 4.81. The molecule has 4 heteroatoms. The molecular formula is C11H16N2O2. The van der Waals surface area contributed by atoms with Gasteiger partial charge in [-0.25, -0.2) is 0 Å². The molecule has 0 spiro atoms. The zero-order valence-corrected chi connectivity index (χ0v) is 8.97. The first kappa shape index (κ1) is 11.7. The highest BCUT2D eigenvalue weighted by atomic mass is 16.4. The van der Waals surface area contributed by atoms with Crippen LogP contribution in [0, 0.1) is 5.41 Å². The Labute approximate surface area is 89.1 Å². The second-order valence-electron chi connectivity index (χ2n) is 4.32. The summed E-state index contributed by atoms with van der Waals surface area (Å²) in [4.78, 5) is 14.6. The molecule has 0 aliphatic carbocycles. The molecule has 1 rings (SSSR count). The lowest BCUT2D eigenvalue weighted by molar-refractivity contribution is -0.139. The third-order valence-electron chi connectivity index (χ3n) is 2.51. The van der Waals surface area contributed by atoms with Crippen LogP contribution in [0.25, 0.3) is 0 Å². The van der Waals surface area contributed by atoms with Crippen molar-refractivity contribution in [3.63, 3.8) is 0 Å². The topological polar surface area (TPSA) is 76.2 Å². The number of hydrogen-bond donors (Lipinski definition) is 2. The van der Waals surface area contributed by atoms with Crippen LogP contribution >= 0.6 is 0 Å². The van der Waals surface area contributed by atoms with Crippen molar-refractivity contribution in [2.24, 2.45) is 11.1 Å². The predicted molar refractivity (Wildman–Crippen MR) is 57.2 cm³/mol. The molecule has 0 aromatic carbocycles. The zero-order chi connectivity index (χ0) is 11.5. The van der Waals surface area contributed by atoms with Crippen LogP contribution in [0.4, 0.5) is 0 Å². The van der Waals surface area contributed by atoms with E-state index < -0.39 is 11.4 Å². The average molecular weight is 208 g/mol. The summed E-state index contributed by atoms with van der Waals surface area (Å²) in [6.07, 6.45) is 3.37. The molecule has 1 atom stereocenters. The summed E-state index contributed by atoms with van der Waals surface area (Å²) in [6, 6.07) is 3.33. The van der Waals surface area contributed by atoms with Gasteiger partial charge < -0.3 is 10.8 Å². The summed E-state index contributed by atoms with van der Waals surface area (Å²) in [6.45, 7) is 3.71. The molecule has 0 amide bonds. The molecule has 1 heterocycles. The molecule has 0 bridgehead atoms. The van der Waals surface area contributed by atoms with Gasteiger partial charge >= 0.3 is 5.97 Å². The van der Waals surface area contributed by atoms with Crippen LogP contribution in [0.5, 0.6) is 0 Å². The Hall–Kier alpha value is -1.42. The average Bonchev–Trinajstić information content (AvgIpc) is 2.16. The smallest absolute Gasteiger partial charge is 0.303 e. The Bertz CT molecular complexity index is 336. The van der Waals surface area contributed by atoms with Gasteiger partial charge in [-0.1, -0.05) is 13.8 Å². The summed E-state index contributed by atoms with van der Waals surface area (Å²) in [7, 11) is 0. The second-order valence-corrected chi connectivity index (χ2v) is 4.32. The molecular weight excluding hydrogens is 192 g/mol. The second kappa shape index (κ2) is 4.40. The highest BCUT2D eigenvalue weighted by Gasteiger charge is 2.30. The number of aromatic nitrogens is 1. The van der Waals surface area contributed by atoms with Crippen LogP contribution < -0.4 is 5.73 Å². The molecule has 4 nitrogen and oxygen atoms in total. The van der Waals surface area contributed by atoms with Crippen LogP contribution in [0.1, 0.15) is 31.9 Å². The largest absolute Gasteiger partial charge is 0.481 e. The van der Waals surface area contributed by atoms with E-state index in [4.69, 9.17) is 10.8 Å². The van der Waals surface area contributed by atoms with E-state index in [1.165, 1.54) is 0 Å². The first-order valence-electron chi connectivity index (χ1n) is 4.81. The first-order chi connectivity index (χ1) is 6.93. The van der Waals surface area contributed by atoms with Crippen molar-refractivity contribution in [2.45, 2.75) is 26.3 Å². The van der Waals surface area contributed by atoms with Crippen molar-refractivity contribution in [1.82, 2.24) is 4.98 Å². The number of aliphatic carboxylic acids is 1. The fraction of sp³-hybridized carbons (Fsp3) is 0.455. The zero-order valence-electron chi connectivity index (χ0n) is 8.97. The Morgan fingerprint density at radius 3 is 2.53 bits per heavy atom. The van der Waals surface area contributed by atoms with Crippen molar-refractivity contribution in [2.75, 3.05) is 0 Å². The summed E-state index contributed by atoms with van der Waals surface area (Å²) in [5.74, 6) is -0.829. The van der Waals surface area contributed by atoms with Gasteiger partial charge in [0.15, 0.2) is 0 Å². The maximum Gasteiger partial charge on any atom is 0.303 e. The van der Waals surface area contributed by atoms with E-state index in [2.05, 4.69) is 4.98 Å². The Balaban J connectivity index is 2.84. The minimum absolute atomic E-state index is 0.0521. The van der Waals surface area contributed by atoms with Crippen molar-refractivity contribution >= 4 is 5.97 Å². The minimum atomic E-state index is -0.829. The highest BCUT2D eigenvalue weighted by molar-refractivity contribution is 5.67. The van der Waals surface area contributed by atoms with Crippen molar-refractivity contribution in [3.05, 3.63) is 30.1 Å². The Morgan fingerprint density at radius 2 is 2.07 bits per heavy atom. The van der Waals surface area contributed by atoms with Crippen molar-refractivity contribution < 1.29 is 9.90 Å². The quantitative estimate of drug-likeness (QED) is 0.787. The third-order valence-corrected chi connectivity index (χ3v) is 2.51. The lowest BCUT2D eigenvalue weighted by Crippen LogP contribution is -2.31. The Morgan fingerprint density at radius 1 is 1.53 bits per heavy atom. The number of nitrogens with two attached hydrogens (primary N) is 1. The molecule has 1 aromatic heterocycles. The summed E-state index contributed by atoms with van der Waals surface area (Å²) in [5.41, 5.74) is 6.48. The number of pyridine rings is 1. The van der Waals surface area contributed by atoms with Crippen LogP contribution in [-0.2, 0) is 4.79 Å². The van der Waals surface area contributed by atoms with E-state index in [0.29, 0.717) is 0 Å². The Kier molecular flexibility index (Phi) is 3.42. The molecule has 3 N–H and O–H groups in total. The lowest BCUT2D eigenvalue weighted by Gasteiger charge is -2.30. The fourth-order valence-electron chi connectivity index (χ4n) is 1.52. The lowest BCUT2D eigenvalue weighted by atomic mass is 9.78. The number of hydrogen-bond acceptors (Lipinski definition) is 3. The van der Waals surface area contributed by atoms with Gasteiger partial charge in [-0.2, -0.15) is 0 Å². The molecule has 0 fully saturated rings. The summed E-state index contributed by atoms with van der Waals surface area (Å²) >= 11 is 0. The molecule has 1 aromatic rings. The molecule has 0 aliphatic rings. The maximum atomic E-state index is 10.7. The van der Waals surface area contributed by atoms with Gasteiger partial charge in [0.25, 0.3) is 0 Å². The number of carboxylic acids is 1. The van der Waals surface area contributed by atoms with Gasteiger partial charge in [0.2, 0.25) is 0 Å². The predicted octanol–water partition coefficient (Wildman–Crippen LogP) is 1.58. The minimum Gasteiger partial charge on any atom is -0.481 e. The summed E-state index contributed by atoms with van der Waals surface area (Å²) < 4.78 is 0. The molecule has 82 valence electrons. The van der Waals surface area contributed by atoms with E-state index in [9.17, 15) is 4.79 Å². The maximum absolute atomic E-state index is 10.7. The number of carboxylic acid groups (broad SMARTS) is 1. The van der Waals surface area contributed by atoms with E-state index >= 15 is 0 Å². The standard InChI is InChI=1S/C11H16N2O2/c1-11(2,7-9(14)15)10(12)8-3-5-13-6-4-8/h3-6,10H,7,12H2,1-2H3,(H,14,15). The fourth-order valence-corrected chi connectivity index (χ4v) is 1.52. The van der Waals surface area contributed by atoms with Gasteiger partial charge in [0, 0.05) is 18.4 Å². The van der Waals surface area contributed by atoms with Crippen LogP contribution in [0.2, 0.25) is 0 Å². The van der Waals surface area contributed by atoms with Crippen molar-refractivity contribution in [1.29, 1.82) is 0 Å². The number of nitrogens with zero attached hydrogens (tertiary/aromatic N) is 1. The van der Waals surface area contributed by atoms with Gasteiger partial charge in [-0.15, -0.1) is 0 Å². The number of rotatable bonds is 4. The number of carbonyl (C=O) groups is 1. The van der Waals surface area contributed by atoms with E-state index in [1.54, 1.807) is 12.4 Å². The van der Waals surface area contributed by atoms with Gasteiger partial charge in [-0.05, 0) is 23.1 Å². The van der Waals surface area contributed by atoms with Gasteiger partial charge in [0.05, 0.1) is 6.42 Å². The molecule has 0 saturated carbocycles. The molecule has 1 unspecified atom stereocenters. The molecule has 0 aliphatic heterocycles. The van der Waals surface area contributed by atoms with E-state index in [0.717, 1.165) is 5.56 Å². The highest BCUT2D eigenvalue weighted by Crippen LogP contribution is 2.34. The van der Waals surface area contributed by atoms with E-state index in [-0.39, 0.29) is 12.5 Å². The molecule has 0 saturated heterocycles. The van der Waals surface area contributed by atoms with E-state index in [1.807, 2.05) is 26.0 Å². The monoisotopic (exact) mass is 208 g/mol. The molecule has 15 heavy (non-hydrogen) atoms. The summed E-state index contributed by atoms with van der Waals surface area (Å²) in [5, 5.41) is 8.78. The SMILES string of the molecule is CC(C)(CC(=O)O)C(N)c1ccncc1. The normalized spacial score (nSPS) is 13.5. The van der Waals surface area contributed by atoms with Gasteiger partial charge in [-0.3, -0.25) is 9.78 Å². The van der Waals surface area contributed by atoms with Gasteiger partial charge in [0.1, 0.15) is 0 Å². The van der Waals surface area contributed by atoms with Crippen LogP contribution in [-0.4, -0.2) is 16.1 Å². The third kappa shape index (κ3) is 3.02. The molecule has 0 radical (unpaired) electrons. The van der Waals surface area contributed by atoms with Crippen LogP contribution in [0.3, 0.4) is 0 Å². The van der Waals surface area contributed by atoms with Crippen LogP contribution in [0.15, 0.2) is 24.5 Å². The van der Waals surface area contributed by atoms with Crippen molar-refractivity contribution in [3.8, 4) is 0 Å².